The van der Waals surface area contributed by atoms with Crippen molar-refractivity contribution in [1.82, 2.24) is 14.3 Å². The van der Waals surface area contributed by atoms with E-state index in [1.165, 1.54) is 16.9 Å². The predicted molar refractivity (Wildman–Crippen MR) is 108 cm³/mol. The van der Waals surface area contributed by atoms with Crippen molar-refractivity contribution in [2.75, 3.05) is 6.61 Å². The monoisotopic (exact) mass is 400 g/mol. The third kappa shape index (κ3) is 4.06. The van der Waals surface area contributed by atoms with E-state index in [0.29, 0.717) is 23.6 Å². The molecule has 0 aliphatic heterocycles. The number of carbonyl (C=O) groups excluding carboxylic acids is 2. The quantitative estimate of drug-likeness (QED) is 0.596. The van der Waals surface area contributed by atoms with Gasteiger partial charge in [0.2, 0.25) is 0 Å². The third-order valence-corrected chi connectivity index (χ3v) is 5.41. The van der Waals surface area contributed by atoms with Gasteiger partial charge in [0.15, 0.2) is 4.80 Å². The standard InChI is InChI=1S/C20H24N4O3S/c1-5-14-8-9-15-17(11-14)28-20(23(15)12-18(25)27-7-3)21-19(26)16-10-13(4)22-24(16)6-2/h8-11H,5-7,12H2,1-4H3. The van der Waals surface area contributed by atoms with E-state index < -0.39 is 0 Å². The van der Waals surface area contributed by atoms with Crippen LogP contribution in [0.2, 0.25) is 0 Å². The number of aromatic nitrogens is 3. The molecule has 8 heteroatoms. The molecule has 0 spiro atoms. The largest absolute Gasteiger partial charge is 0.465 e. The summed E-state index contributed by atoms with van der Waals surface area (Å²) in [5, 5.41) is 4.31. The molecule has 0 radical (unpaired) electrons. The van der Waals surface area contributed by atoms with Crippen molar-refractivity contribution in [1.29, 1.82) is 0 Å². The summed E-state index contributed by atoms with van der Waals surface area (Å²) in [5.74, 6) is -0.729. The molecule has 1 amide bonds. The number of aryl methyl sites for hydroxylation is 3. The summed E-state index contributed by atoms with van der Waals surface area (Å²) in [6.45, 7) is 8.53. The fourth-order valence-electron chi connectivity index (χ4n) is 3.01. The van der Waals surface area contributed by atoms with Crippen LogP contribution in [0.1, 0.15) is 42.5 Å². The van der Waals surface area contributed by atoms with Crippen molar-refractivity contribution in [3.8, 4) is 0 Å². The van der Waals surface area contributed by atoms with Gasteiger partial charge in [0.25, 0.3) is 5.91 Å². The summed E-state index contributed by atoms with van der Waals surface area (Å²) in [6, 6.07) is 7.80. The minimum Gasteiger partial charge on any atom is -0.465 e. The van der Waals surface area contributed by atoms with E-state index in [0.717, 1.165) is 22.3 Å². The minimum atomic E-state index is -0.373. The van der Waals surface area contributed by atoms with Gasteiger partial charge >= 0.3 is 5.97 Å². The maximum Gasteiger partial charge on any atom is 0.326 e. The van der Waals surface area contributed by atoms with E-state index in [1.807, 2.05) is 26.0 Å². The number of fused-ring (bicyclic) bond motifs is 1. The zero-order valence-electron chi connectivity index (χ0n) is 16.6. The Labute approximate surface area is 167 Å². The molecule has 1 aromatic carbocycles. The lowest BCUT2D eigenvalue weighted by Crippen LogP contribution is -2.23. The maximum absolute atomic E-state index is 12.8. The Bertz CT molecular complexity index is 1090. The van der Waals surface area contributed by atoms with Crippen molar-refractivity contribution in [2.24, 2.45) is 4.99 Å². The SMILES string of the molecule is CCOC(=O)Cn1c(=NC(=O)c2cc(C)nn2CC)sc2cc(CC)ccc21. The number of ether oxygens (including phenoxy) is 1. The van der Waals surface area contributed by atoms with E-state index in [4.69, 9.17) is 4.74 Å². The number of rotatable bonds is 6. The topological polar surface area (TPSA) is 78.5 Å². The van der Waals surface area contributed by atoms with E-state index in [9.17, 15) is 9.59 Å². The highest BCUT2D eigenvalue weighted by Crippen LogP contribution is 2.20. The molecule has 2 aromatic heterocycles. The summed E-state index contributed by atoms with van der Waals surface area (Å²) in [4.78, 5) is 29.7. The summed E-state index contributed by atoms with van der Waals surface area (Å²) < 4.78 is 9.46. The van der Waals surface area contributed by atoms with Gasteiger partial charge in [-0.3, -0.25) is 14.3 Å². The normalized spacial score (nSPS) is 11.9. The summed E-state index contributed by atoms with van der Waals surface area (Å²) in [7, 11) is 0. The molecule has 3 aromatic rings. The van der Waals surface area contributed by atoms with Crippen LogP contribution in [0.3, 0.4) is 0 Å². The smallest absolute Gasteiger partial charge is 0.326 e. The van der Waals surface area contributed by atoms with Crippen molar-refractivity contribution < 1.29 is 14.3 Å². The first-order valence-corrected chi connectivity index (χ1v) is 10.2. The van der Waals surface area contributed by atoms with Crippen LogP contribution in [0.25, 0.3) is 10.2 Å². The number of hydrogen-bond acceptors (Lipinski definition) is 5. The molecule has 7 nitrogen and oxygen atoms in total. The summed E-state index contributed by atoms with van der Waals surface area (Å²) in [6.07, 6.45) is 0.909. The second-order valence-electron chi connectivity index (χ2n) is 6.34. The number of nitrogens with zero attached hydrogens (tertiary/aromatic N) is 4. The van der Waals surface area contributed by atoms with E-state index in [1.54, 1.807) is 22.2 Å². The molecule has 3 rings (SSSR count). The molecule has 28 heavy (non-hydrogen) atoms. The van der Waals surface area contributed by atoms with Crippen LogP contribution in [0, 0.1) is 6.92 Å². The maximum atomic E-state index is 12.8. The van der Waals surface area contributed by atoms with Gasteiger partial charge in [0, 0.05) is 6.54 Å². The molecule has 0 saturated carbocycles. The van der Waals surface area contributed by atoms with E-state index in [-0.39, 0.29) is 18.4 Å². The third-order valence-electron chi connectivity index (χ3n) is 4.37. The van der Waals surface area contributed by atoms with Crippen molar-refractivity contribution >= 4 is 33.4 Å². The second kappa shape index (κ2) is 8.52. The Hall–Kier alpha value is -2.74. The lowest BCUT2D eigenvalue weighted by Gasteiger charge is -2.05. The highest BCUT2D eigenvalue weighted by Gasteiger charge is 2.16. The van der Waals surface area contributed by atoms with Crippen molar-refractivity contribution in [2.45, 2.75) is 47.2 Å². The fraction of sp³-hybridized carbons (Fsp3) is 0.400. The van der Waals surface area contributed by atoms with E-state index >= 15 is 0 Å². The van der Waals surface area contributed by atoms with Gasteiger partial charge in [-0.2, -0.15) is 10.1 Å². The molecule has 0 atom stereocenters. The van der Waals surface area contributed by atoms with Crippen LogP contribution < -0.4 is 4.80 Å². The van der Waals surface area contributed by atoms with Gasteiger partial charge in [0.05, 0.1) is 22.5 Å². The van der Waals surface area contributed by atoms with Crippen LogP contribution in [-0.4, -0.2) is 32.8 Å². The second-order valence-corrected chi connectivity index (χ2v) is 7.34. The molecule has 2 heterocycles. The van der Waals surface area contributed by atoms with Crippen LogP contribution in [0.15, 0.2) is 29.3 Å². The van der Waals surface area contributed by atoms with Crippen LogP contribution in [-0.2, 0) is 29.0 Å². The lowest BCUT2D eigenvalue weighted by atomic mass is 10.2. The predicted octanol–water partition coefficient (Wildman–Crippen LogP) is 3.09. The minimum absolute atomic E-state index is 0.0114. The Kier molecular flexibility index (Phi) is 6.08. The average molecular weight is 401 g/mol. The first-order chi connectivity index (χ1) is 13.5. The lowest BCUT2D eigenvalue weighted by molar-refractivity contribution is -0.143. The molecule has 148 valence electrons. The van der Waals surface area contributed by atoms with Gasteiger partial charge in [-0.1, -0.05) is 24.3 Å². The van der Waals surface area contributed by atoms with Gasteiger partial charge < -0.3 is 9.30 Å². The molecule has 0 aliphatic rings. The summed E-state index contributed by atoms with van der Waals surface area (Å²) in [5.41, 5.74) is 3.26. The molecule has 0 unspecified atom stereocenters. The highest BCUT2D eigenvalue weighted by atomic mass is 32.1. The van der Waals surface area contributed by atoms with Crippen LogP contribution in [0.5, 0.6) is 0 Å². The number of amides is 1. The first-order valence-electron chi connectivity index (χ1n) is 9.38. The highest BCUT2D eigenvalue weighted by molar-refractivity contribution is 7.16. The zero-order valence-corrected chi connectivity index (χ0v) is 17.4. The Morgan fingerprint density at radius 3 is 2.68 bits per heavy atom. The molecular weight excluding hydrogens is 376 g/mol. The average Bonchev–Trinajstić information content (AvgIpc) is 3.21. The molecular formula is C20H24N4O3S. The number of carbonyl (C=O) groups is 2. The Morgan fingerprint density at radius 1 is 1.21 bits per heavy atom. The zero-order chi connectivity index (χ0) is 20.3. The van der Waals surface area contributed by atoms with Gasteiger partial charge in [-0.25, -0.2) is 0 Å². The van der Waals surface area contributed by atoms with Gasteiger partial charge in [0.1, 0.15) is 12.2 Å². The Morgan fingerprint density at radius 2 is 2.00 bits per heavy atom. The van der Waals surface area contributed by atoms with Crippen molar-refractivity contribution in [3.63, 3.8) is 0 Å². The molecule has 0 fully saturated rings. The van der Waals surface area contributed by atoms with Crippen LogP contribution in [0.4, 0.5) is 0 Å². The molecule has 0 aliphatic carbocycles. The number of thiazole rings is 1. The summed E-state index contributed by atoms with van der Waals surface area (Å²) >= 11 is 1.39. The molecule has 0 bridgehead atoms. The van der Waals surface area contributed by atoms with Crippen molar-refractivity contribution in [3.05, 3.63) is 46.0 Å². The Balaban J connectivity index is 2.13. The van der Waals surface area contributed by atoms with Gasteiger partial charge in [-0.05, 0) is 51.0 Å². The molecule has 0 N–H and O–H groups in total. The number of esters is 1. The fourth-order valence-corrected chi connectivity index (χ4v) is 4.11. The number of hydrogen-bond donors (Lipinski definition) is 0. The van der Waals surface area contributed by atoms with E-state index in [2.05, 4.69) is 23.1 Å². The molecule has 0 saturated heterocycles. The number of benzene rings is 1. The van der Waals surface area contributed by atoms with Crippen LogP contribution >= 0.6 is 11.3 Å². The van der Waals surface area contributed by atoms with Gasteiger partial charge in [-0.15, -0.1) is 0 Å². The first kappa shape index (κ1) is 20.0.